The number of halogens is 1. The average molecular weight is 311 g/mol. The lowest BCUT2D eigenvalue weighted by molar-refractivity contribution is 0.533. The Bertz CT molecular complexity index is 515. The highest BCUT2D eigenvalue weighted by Crippen LogP contribution is 2.31. The first-order valence-corrected chi connectivity index (χ1v) is 7.73. The van der Waals surface area contributed by atoms with E-state index in [2.05, 4.69) is 39.4 Å². The van der Waals surface area contributed by atoms with Crippen LogP contribution in [-0.2, 0) is 0 Å². The molecule has 1 aliphatic heterocycles. The Morgan fingerprint density at radius 1 is 1.29 bits per heavy atom. The lowest BCUT2D eigenvalue weighted by Crippen LogP contribution is -2.19. The molecule has 0 bridgehead atoms. The van der Waals surface area contributed by atoms with E-state index in [1.807, 2.05) is 11.3 Å². The third-order valence-corrected chi connectivity index (χ3v) is 4.85. The molecule has 4 heteroatoms. The molecule has 1 aromatic carbocycles. The van der Waals surface area contributed by atoms with Crippen molar-refractivity contribution in [3.63, 3.8) is 0 Å². The third-order valence-electron chi connectivity index (χ3n) is 3.23. The lowest BCUT2D eigenvalue weighted by atomic mass is 10.1. The van der Waals surface area contributed by atoms with Gasteiger partial charge in [0.15, 0.2) is 0 Å². The van der Waals surface area contributed by atoms with Crippen LogP contribution in [0.4, 0.5) is 0 Å². The summed E-state index contributed by atoms with van der Waals surface area (Å²) in [5.74, 6) is 0. The zero-order valence-electron chi connectivity index (χ0n) is 9.58. The van der Waals surface area contributed by atoms with Crippen LogP contribution in [-0.4, -0.2) is 11.5 Å². The molecule has 90 valence electrons. The van der Waals surface area contributed by atoms with E-state index >= 15 is 0 Å². The van der Waals surface area contributed by atoms with Crippen molar-refractivity contribution < 1.29 is 0 Å². The van der Waals surface area contributed by atoms with E-state index in [0.29, 0.717) is 6.04 Å². The van der Waals surface area contributed by atoms with Crippen molar-refractivity contribution in [2.75, 3.05) is 6.54 Å². The first kappa shape index (κ1) is 11.6. The van der Waals surface area contributed by atoms with Crippen LogP contribution >= 0.6 is 27.3 Å². The maximum absolute atomic E-state index is 4.75. The minimum atomic E-state index is 0.466. The Morgan fingerprint density at radius 2 is 2.24 bits per heavy atom. The van der Waals surface area contributed by atoms with Crippen molar-refractivity contribution in [3.05, 3.63) is 27.7 Å². The summed E-state index contributed by atoms with van der Waals surface area (Å²) in [4.78, 5) is 4.75. The number of aromatic nitrogens is 1. The number of rotatable bonds is 1. The largest absolute Gasteiger partial charge is 0.308 e. The van der Waals surface area contributed by atoms with Crippen molar-refractivity contribution in [2.24, 2.45) is 0 Å². The van der Waals surface area contributed by atoms with Gasteiger partial charge in [-0.05, 0) is 37.6 Å². The zero-order chi connectivity index (χ0) is 11.7. The molecule has 1 aromatic heterocycles. The van der Waals surface area contributed by atoms with Crippen LogP contribution in [0.3, 0.4) is 0 Å². The molecule has 1 unspecified atom stereocenters. The van der Waals surface area contributed by atoms with Gasteiger partial charge in [-0.25, -0.2) is 4.98 Å². The highest BCUT2D eigenvalue weighted by Gasteiger charge is 2.17. The van der Waals surface area contributed by atoms with Crippen LogP contribution in [0.1, 0.15) is 36.7 Å². The fourth-order valence-corrected chi connectivity index (χ4v) is 3.93. The Hall–Kier alpha value is -0.450. The van der Waals surface area contributed by atoms with Crippen LogP contribution in [0, 0.1) is 0 Å². The monoisotopic (exact) mass is 310 g/mol. The summed E-state index contributed by atoms with van der Waals surface area (Å²) in [5.41, 5.74) is 1.12. The van der Waals surface area contributed by atoms with Crippen molar-refractivity contribution in [1.82, 2.24) is 10.3 Å². The van der Waals surface area contributed by atoms with E-state index in [-0.39, 0.29) is 0 Å². The standard InChI is InChI=1S/C13H15BrN2S/c14-9-5-6-10-12(8-9)17-13(16-10)11-4-2-1-3-7-15-11/h5-6,8,11,15H,1-4,7H2. The second kappa shape index (κ2) is 5.04. The number of hydrogen-bond acceptors (Lipinski definition) is 3. The van der Waals surface area contributed by atoms with Crippen LogP contribution in [0.2, 0.25) is 0 Å². The van der Waals surface area contributed by atoms with Gasteiger partial charge < -0.3 is 5.32 Å². The molecular weight excluding hydrogens is 296 g/mol. The maximum Gasteiger partial charge on any atom is 0.111 e. The molecule has 2 heterocycles. The van der Waals surface area contributed by atoms with Gasteiger partial charge in [0.05, 0.1) is 16.3 Å². The molecule has 1 saturated heterocycles. The maximum atomic E-state index is 4.75. The molecule has 0 aliphatic carbocycles. The van der Waals surface area contributed by atoms with Gasteiger partial charge in [0.25, 0.3) is 0 Å². The summed E-state index contributed by atoms with van der Waals surface area (Å²) >= 11 is 5.34. The predicted octanol–water partition coefficient (Wildman–Crippen LogP) is 4.26. The van der Waals surface area contributed by atoms with Gasteiger partial charge in [-0.3, -0.25) is 0 Å². The number of fused-ring (bicyclic) bond motifs is 1. The molecule has 1 fully saturated rings. The van der Waals surface area contributed by atoms with Gasteiger partial charge in [-0.15, -0.1) is 11.3 Å². The van der Waals surface area contributed by atoms with Crippen molar-refractivity contribution in [3.8, 4) is 0 Å². The molecule has 1 N–H and O–H groups in total. The van der Waals surface area contributed by atoms with Gasteiger partial charge in [0, 0.05) is 4.47 Å². The fraction of sp³-hybridized carbons (Fsp3) is 0.462. The summed E-state index contributed by atoms with van der Waals surface area (Å²) in [6.45, 7) is 1.13. The van der Waals surface area contributed by atoms with E-state index in [1.54, 1.807) is 0 Å². The van der Waals surface area contributed by atoms with Gasteiger partial charge in [-0.1, -0.05) is 28.8 Å². The lowest BCUT2D eigenvalue weighted by Gasteiger charge is -2.11. The van der Waals surface area contributed by atoms with E-state index < -0.39 is 0 Å². The van der Waals surface area contributed by atoms with E-state index in [1.165, 1.54) is 35.4 Å². The number of thiazole rings is 1. The molecule has 1 aliphatic rings. The zero-order valence-corrected chi connectivity index (χ0v) is 12.0. The van der Waals surface area contributed by atoms with Crippen LogP contribution in [0.25, 0.3) is 10.2 Å². The highest BCUT2D eigenvalue weighted by atomic mass is 79.9. The van der Waals surface area contributed by atoms with Gasteiger partial charge >= 0.3 is 0 Å². The molecular formula is C13H15BrN2S. The first-order chi connectivity index (χ1) is 8.33. The summed E-state index contributed by atoms with van der Waals surface area (Å²) in [7, 11) is 0. The summed E-state index contributed by atoms with van der Waals surface area (Å²) in [6.07, 6.45) is 5.19. The molecule has 1 atom stereocenters. The van der Waals surface area contributed by atoms with Crippen LogP contribution < -0.4 is 5.32 Å². The fourth-order valence-electron chi connectivity index (χ4n) is 2.30. The van der Waals surface area contributed by atoms with Gasteiger partial charge in [0.1, 0.15) is 5.01 Å². The first-order valence-electron chi connectivity index (χ1n) is 6.12. The number of benzene rings is 1. The summed E-state index contributed by atoms with van der Waals surface area (Å²) in [6, 6.07) is 6.78. The molecule has 0 radical (unpaired) electrons. The normalized spacial score (nSPS) is 21.6. The number of nitrogens with one attached hydrogen (secondary N) is 1. The summed E-state index contributed by atoms with van der Waals surface area (Å²) in [5, 5.41) is 4.86. The quantitative estimate of drug-likeness (QED) is 0.851. The molecule has 3 rings (SSSR count). The van der Waals surface area contributed by atoms with Crippen LogP contribution in [0.15, 0.2) is 22.7 Å². The van der Waals surface area contributed by atoms with E-state index in [4.69, 9.17) is 4.98 Å². The van der Waals surface area contributed by atoms with Gasteiger partial charge in [0.2, 0.25) is 0 Å². The molecule has 2 aromatic rings. The molecule has 2 nitrogen and oxygen atoms in total. The van der Waals surface area contributed by atoms with Crippen molar-refractivity contribution >= 4 is 37.5 Å². The van der Waals surface area contributed by atoms with E-state index in [0.717, 1.165) is 16.5 Å². The SMILES string of the molecule is Brc1ccc2nc(C3CCCCCN3)sc2c1. The Morgan fingerprint density at radius 3 is 3.18 bits per heavy atom. The second-order valence-corrected chi connectivity index (χ2v) is 6.50. The van der Waals surface area contributed by atoms with Crippen molar-refractivity contribution in [1.29, 1.82) is 0 Å². The topological polar surface area (TPSA) is 24.9 Å². The Kier molecular flexibility index (Phi) is 3.45. The van der Waals surface area contributed by atoms with Crippen LogP contribution in [0.5, 0.6) is 0 Å². The molecule has 0 saturated carbocycles. The number of nitrogens with zero attached hydrogens (tertiary/aromatic N) is 1. The van der Waals surface area contributed by atoms with Crippen molar-refractivity contribution in [2.45, 2.75) is 31.7 Å². The molecule has 17 heavy (non-hydrogen) atoms. The number of hydrogen-bond donors (Lipinski definition) is 1. The average Bonchev–Trinajstić information content (AvgIpc) is 2.57. The summed E-state index contributed by atoms with van der Waals surface area (Å²) < 4.78 is 2.41. The molecule has 0 amide bonds. The Balaban J connectivity index is 1.93. The minimum Gasteiger partial charge on any atom is -0.308 e. The minimum absolute atomic E-state index is 0.466. The molecule has 0 spiro atoms. The highest BCUT2D eigenvalue weighted by molar-refractivity contribution is 9.10. The smallest absolute Gasteiger partial charge is 0.111 e. The predicted molar refractivity (Wildman–Crippen MR) is 76.5 cm³/mol. The van der Waals surface area contributed by atoms with E-state index in [9.17, 15) is 0 Å². The van der Waals surface area contributed by atoms with Gasteiger partial charge in [-0.2, -0.15) is 0 Å². The Labute approximate surface area is 114 Å². The third kappa shape index (κ3) is 2.54. The second-order valence-electron chi connectivity index (χ2n) is 4.52.